The lowest BCUT2D eigenvalue weighted by Crippen LogP contribution is -1.87. The quantitative estimate of drug-likeness (QED) is 0.547. The molecule has 0 bridgehead atoms. The lowest BCUT2D eigenvalue weighted by Gasteiger charge is -2.02. The molecule has 0 nitrogen and oxygen atoms in total. The maximum Gasteiger partial charge on any atom is -0.0279 e. The highest BCUT2D eigenvalue weighted by Gasteiger charge is 1.94. The molecule has 1 aromatic carbocycles. The van der Waals surface area contributed by atoms with Crippen LogP contribution >= 0.6 is 0 Å². The first-order chi connectivity index (χ1) is 8.36. The third-order valence-corrected chi connectivity index (χ3v) is 2.47. The van der Waals surface area contributed by atoms with Crippen LogP contribution in [0, 0.1) is 0 Å². The molecule has 0 unspecified atom stereocenters. The van der Waals surface area contributed by atoms with Gasteiger partial charge in [-0.05, 0) is 30.4 Å². The standard InChI is InChI=1S/C13H20.2C2H6/c1-3-5-6-8-13-10-7-9-12(4-2)11-13;2*1-2/h7,9-11H,3-6,8H2,1-2H3;2*1-2H3. The highest BCUT2D eigenvalue weighted by Crippen LogP contribution is 2.09. The number of unbranched alkanes of at least 4 members (excludes halogenated alkanes) is 2. The van der Waals surface area contributed by atoms with E-state index in [2.05, 4.69) is 38.1 Å². The second-order valence-corrected chi connectivity index (χ2v) is 3.63. The van der Waals surface area contributed by atoms with Gasteiger partial charge in [0, 0.05) is 0 Å². The highest BCUT2D eigenvalue weighted by molar-refractivity contribution is 5.23. The molecule has 0 heteroatoms. The summed E-state index contributed by atoms with van der Waals surface area (Å²) in [6.45, 7) is 12.5. The van der Waals surface area contributed by atoms with E-state index in [1.54, 1.807) is 0 Å². The zero-order valence-electron chi connectivity index (χ0n) is 12.8. The zero-order valence-corrected chi connectivity index (χ0v) is 12.8. The van der Waals surface area contributed by atoms with Crippen LogP contribution in [-0.2, 0) is 12.8 Å². The molecule has 1 aromatic rings. The summed E-state index contributed by atoms with van der Waals surface area (Å²) < 4.78 is 0. The Morgan fingerprint density at radius 3 is 1.94 bits per heavy atom. The lowest BCUT2D eigenvalue weighted by molar-refractivity contribution is 0.717. The molecule has 0 aliphatic rings. The fourth-order valence-corrected chi connectivity index (χ4v) is 1.58. The van der Waals surface area contributed by atoms with Crippen molar-refractivity contribution in [2.24, 2.45) is 0 Å². The summed E-state index contributed by atoms with van der Waals surface area (Å²) in [5.74, 6) is 0. The van der Waals surface area contributed by atoms with E-state index in [-0.39, 0.29) is 0 Å². The molecule has 0 fully saturated rings. The van der Waals surface area contributed by atoms with E-state index in [0.29, 0.717) is 0 Å². The van der Waals surface area contributed by atoms with Gasteiger partial charge in [-0.15, -0.1) is 0 Å². The van der Waals surface area contributed by atoms with Crippen LogP contribution in [0.5, 0.6) is 0 Å². The molecule has 0 aliphatic heterocycles. The third kappa shape index (κ3) is 10.1. The number of hydrogen-bond donors (Lipinski definition) is 0. The van der Waals surface area contributed by atoms with Crippen molar-refractivity contribution >= 4 is 0 Å². The Kier molecular flexibility index (Phi) is 16.6. The van der Waals surface area contributed by atoms with Crippen molar-refractivity contribution in [2.45, 2.75) is 73.6 Å². The number of hydrogen-bond acceptors (Lipinski definition) is 0. The Balaban J connectivity index is 0. The van der Waals surface area contributed by atoms with E-state index in [1.807, 2.05) is 27.7 Å². The molecule has 0 saturated heterocycles. The van der Waals surface area contributed by atoms with Crippen molar-refractivity contribution < 1.29 is 0 Å². The van der Waals surface area contributed by atoms with Gasteiger partial charge in [0.25, 0.3) is 0 Å². The first-order valence-electron chi connectivity index (χ1n) is 7.44. The zero-order chi connectivity index (χ0) is 13.5. The molecule has 0 N–H and O–H groups in total. The monoisotopic (exact) mass is 236 g/mol. The summed E-state index contributed by atoms with van der Waals surface area (Å²) in [6, 6.07) is 8.98. The van der Waals surface area contributed by atoms with Crippen LogP contribution < -0.4 is 0 Å². The van der Waals surface area contributed by atoms with Crippen molar-refractivity contribution in [2.75, 3.05) is 0 Å². The smallest absolute Gasteiger partial charge is 0.0279 e. The van der Waals surface area contributed by atoms with Gasteiger partial charge in [-0.3, -0.25) is 0 Å². The lowest BCUT2D eigenvalue weighted by atomic mass is 10.0. The summed E-state index contributed by atoms with van der Waals surface area (Å²) in [4.78, 5) is 0. The third-order valence-electron chi connectivity index (χ3n) is 2.47. The molecular formula is C17H32. The minimum absolute atomic E-state index is 1.15. The molecule has 0 radical (unpaired) electrons. The maximum atomic E-state index is 2.34. The van der Waals surface area contributed by atoms with Crippen LogP contribution in [0.3, 0.4) is 0 Å². The molecule has 0 aliphatic carbocycles. The van der Waals surface area contributed by atoms with Crippen molar-refractivity contribution in [3.05, 3.63) is 35.4 Å². The summed E-state index contributed by atoms with van der Waals surface area (Å²) in [7, 11) is 0. The Morgan fingerprint density at radius 1 is 0.824 bits per heavy atom. The fourth-order valence-electron chi connectivity index (χ4n) is 1.58. The molecule has 0 aromatic heterocycles. The van der Waals surface area contributed by atoms with Gasteiger partial charge in [-0.1, -0.05) is 78.6 Å². The number of rotatable bonds is 5. The van der Waals surface area contributed by atoms with Gasteiger partial charge in [0.15, 0.2) is 0 Å². The minimum atomic E-state index is 1.15. The van der Waals surface area contributed by atoms with E-state index in [0.717, 1.165) is 6.42 Å². The Bertz CT molecular complexity index is 238. The van der Waals surface area contributed by atoms with E-state index >= 15 is 0 Å². The van der Waals surface area contributed by atoms with Gasteiger partial charge >= 0.3 is 0 Å². The van der Waals surface area contributed by atoms with Crippen LogP contribution in [0.4, 0.5) is 0 Å². The number of aryl methyl sites for hydroxylation is 2. The Morgan fingerprint density at radius 2 is 1.41 bits per heavy atom. The second-order valence-electron chi connectivity index (χ2n) is 3.63. The average molecular weight is 236 g/mol. The maximum absolute atomic E-state index is 2.34. The molecule has 100 valence electrons. The van der Waals surface area contributed by atoms with Gasteiger partial charge in [0.1, 0.15) is 0 Å². The van der Waals surface area contributed by atoms with E-state index in [9.17, 15) is 0 Å². The molecule has 0 atom stereocenters. The summed E-state index contributed by atoms with van der Waals surface area (Å²) in [5, 5.41) is 0. The first kappa shape index (κ1) is 18.6. The normalized spacial score (nSPS) is 8.59. The van der Waals surface area contributed by atoms with Crippen molar-refractivity contribution in [3.8, 4) is 0 Å². The van der Waals surface area contributed by atoms with Crippen LogP contribution in [0.25, 0.3) is 0 Å². The van der Waals surface area contributed by atoms with Gasteiger partial charge in [0.2, 0.25) is 0 Å². The van der Waals surface area contributed by atoms with Gasteiger partial charge < -0.3 is 0 Å². The molecule has 0 saturated carbocycles. The average Bonchev–Trinajstić information content (AvgIpc) is 2.44. The van der Waals surface area contributed by atoms with Crippen molar-refractivity contribution in [1.82, 2.24) is 0 Å². The van der Waals surface area contributed by atoms with Gasteiger partial charge in [-0.2, -0.15) is 0 Å². The summed E-state index contributed by atoms with van der Waals surface area (Å²) in [6.07, 6.45) is 6.41. The van der Waals surface area contributed by atoms with E-state index in [1.165, 1.54) is 36.8 Å². The molecular weight excluding hydrogens is 204 g/mol. The topological polar surface area (TPSA) is 0 Å². The number of benzene rings is 1. The van der Waals surface area contributed by atoms with Crippen LogP contribution in [0.2, 0.25) is 0 Å². The molecule has 0 heterocycles. The largest absolute Gasteiger partial charge is 0.0683 e. The van der Waals surface area contributed by atoms with Gasteiger partial charge in [-0.25, -0.2) is 0 Å². The van der Waals surface area contributed by atoms with Crippen LogP contribution in [0.1, 0.15) is 71.9 Å². The fraction of sp³-hybridized carbons (Fsp3) is 0.647. The highest BCUT2D eigenvalue weighted by atomic mass is 14.0. The van der Waals surface area contributed by atoms with Crippen molar-refractivity contribution in [3.63, 3.8) is 0 Å². The molecule has 0 amide bonds. The summed E-state index contributed by atoms with van der Waals surface area (Å²) >= 11 is 0. The van der Waals surface area contributed by atoms with Crippen LogP contribution in [0.15, 0.2) is 24.3 Å². The summed E-state index contributed by atoms with van der Waals surface area (Å²) in [5.41, 5.74) is 2.97. The van der Waals surface area contributed by atoms with Crippen molar-refractivity contribution in [1.29, 1.82) is 0 Å². The predicted octanol–water partition coefficient (Wildman–Crippen LogP) is 6.03. The molecule has 17 heavy (non-hydrogen) atoms. The van der Waals surface area contributed by atoms with Gasteiger partial charge in [0.05, 0.1) is 0 Å². The minimum Gasteiger partial charge on any atom is -0.0683 e. The predicted molar refractivity (Wildman–Crippen MR) is 81.7 cm³/mol. The first-order valence-corrected chi connectivity index (χ1v) is 7.44. The molecule has 1 rings (SSSR count). The Labute approximate surface area is 109 Å². The Hall–Kier alpha value is -0.780. The van der Waals surface area contributed by atoms with Crippen LogP contribution in [-0.4, -0.2) is 0 Å². The molecule has 0 spiro atoms. The van der Waals surface area contributed by atoms with E-state index < -0.39 is 0 Å². The second kappa shape index (κ2) is 15.2. The van der Waals surface area contributed by atoms with E-state index in [4.69, 9.17) is 0 Å². The SMILES string of the molecule is CC.CC.CCCCCc1cccc(CC)c1.